The summed E-state index contributed by atoms with van der Waals surface area (Å²) in [4.78, 5) is 1.60. The molecule has 172 valence electrons. The monoisotopic (exact) mass is 456 g/mol. The maximum Gasteiger partial charge on any atom is 0.261 e. The second-order valence-corrected chi connectivity index (χ2v) is 13.6. The maximum absolute atomic E-state index is 8.88. The van der Waals surface area contributed by atoms with Crippen molar-refractivity contribution in [2.45, 2.75) is 52.0 Å². The lowest BCUT2D eigenvalue weighted by atomic mass is 10.0. The van der Waals surface area contributed by atoms with Gasteiger partial charge in [-0.05, 0) is 22.3 Å². The lowest BCUT2D eigenvalue weighted by Crippen LogP contribution is -2.66. The smallest absolute Gasteiger partial charge is 0.261 e. The molecule has 0 aliphatic rings. The van der Waals surface area contributed by atoms with Crippen molar-refractivity contribution < 1.29 is 4.43 Å². The minimum absolute atomic E-state index is 0.0513. The first-order valence-corrected chi connectivity index (χ1v) is 13.5. The van der Waals surface area contributed by atoms with E-state index >= 15 is 0 Å². The van der Waals surface area contributed by atoms with Crippen LogP contribution in [0, 0.1) is 41.1 Å². The van der Waals surface area contributed by atoms with E-state index in [0.29, 0.717) is 19.6 Å². The number of rotatable bonds is 9. The molecule has 2 rings (SSSR count). The summed E-state index contributed by atoms with van der Waals surface area (Å²) >= 11 is 0. The Hall–Kier alpha value is -2.97. The van der Waals surface area contributed by atoms with Crippen LogP contribution in [0.2, 0.25) is 5.04 Å². The zero-order valence-electron chi connectivity index (χ0n) is 20.7. The highest BCUT2D eigenvalue weighted by Gasteiger charge is 2.50. The standard InChI is InChI=1S/C29H36N2OSi/c1-6-7-17-26(18-11-10-16-23-31(5)25-30)24-32-33(29(2,3)4,27-19-12-8-13-20-27)28-21-14-9-15-22-28/h8-9,12-15,19-22,26H,16-18,23-24H2,1-5H3. The predicted molar refractivity (Wildman–Crippen MR) is 140 cm³/mol. The van der Waals surface area contributed by atoms with Crippen LogP contribution in [0.15, 0.2) is 60.7 Å². The molecule has 0 aliphatic heterocycles. The molecule has 1 atom stereocenters. The summed E-state index contributed by atoms with van der Waals surface area (Å²) in [7, 11) is -0.788. The zero-order chi connectivity index (χ0) is 24.2. The average Bonchev–Trinajstić information content (AvgIpc) is 2.82. The van der Waals surface area contributed by atoms with Crippen molar-refractivity contribution in [2.24, 2.45) is 5.92 Å². The third-order valence-electron chi connectivity index (χ3n) is 5.78. The average molecular weight is 457 g/mol. The van der Waals surface area contributed by atoms with E-state index in [1.165, 1.54) is 10.4 Å². The number of hydrogen-bond donors (Lipinski definition) is 0. The second kappa shape index (κ2) is 12.9. The van der Waals surface area contributed by atoms with Gasteiger partial charge in [-0.15, -0.1) is 23.7 Å². The third kappa shape index (κ3) is 7.26. The molecule has 3 nitrogen and oxygen atoms in total. The highest BCUT2D eigenvalue weighted by Crippen LogP contribution is 2.37. The molecule has 0 spiro atoms. The maximum atomic E-state index is 8.88. The molecule has 0 aromatic heterocycles. The Morgan fingerprint density at radius 1 is 0.909 bits per heavy atom. The topological polar surface area (TPSA) is 36.3 Å². The molecule has 1 unspecified atom stereocenters. The quantitative estimate of drug-likeness (QED) is 0.236. The third-order valence-corrected chi connectivity index (χ3v) is 10.8. The van der Waals surface area contributed by atoms with E-state index in [-0.39, 0.29) is 11.0 Å². The van der Waals surface area contributed by atoms with Crippen LogP contribution in [0.1, 0.15) is 47.0 Å². The van der Waals surface area contributed by atoms with Crippen LogP contribution in [0.4, 0.5) is 0 Å². The minimum Gasteiger partial charge on any atom is -0.407 e. The van der Waals surface area contributed by atoms with E-state index in [2.05, 4.69) is 111 Å². The van der Waals surface area contributed by atoms with Gasteiger partial charge in [0.15, 0.2) is 6.19 Å². The van der Waals surface area contributed by atoms with Gasteiger partial charge >= 0.3 is 0 Å². The van der Waals surface area contributed by atoms with Gasteiger partial charge in [-0.2, -0.15) is 5.26 Å². The van der Waals surface area contributed by atoms with Crippen molar-refractivity contribution in [2.75, 3.05) is 20.2 Å². The molecule has 0 saturated carbocycles. The van der Waals surface area contributed by atoms with Crippen LogP contribution in [0.25, 0.3) is 0 Å². The Kier molecular flexibility index (Phi) is 10.3. The highest BCUT2D eigenvalue weighted by molar-refractivity contribution is 6.99. The fourth-order valence-corrected chi connectivity index (χ4v) is 8.66. The van der Waals surface area contributed by atoms with Crippen LogP contribution in [-0.2, 0) is 4.43 Å². The van der Waals surface area contributed by atoms with Crippen molar-refractivity contribution in [3.63, 3.8) is 0 Å². The fourth-order valence-electron chi connectivity index (χ4n) is 4.02. The molecule has 0 saturated heterocycles. The molecule has 0 aliphatic carbocycles. The van der Waals surface area contributed by atoms with E-state index in [4.69, 9.17) is 9.69 Å². The molecule has 0 fully saturated rings. The van der Waals surface area contributed by atoms with Crippen molar-refractivity contribution in [3.8, 4) is 29.9 Å². The molecule has 0 N–H and O–H groups in total. The van der Waals surface area contributed by atoms with Gasteiger partial charge in [0, 0.05) is 45.4 Å². The van der Waals surface area contributed by atoms with Gasteiger partial charge in [-0.3, -0.25) is 0 Å². The van der Waals surface area contributed by atoms with E-state index in [0.717, 1.165) is 12.8 Å². The summed E-state index contributed by atoms with van der Waals surface area (Å²) in [6.45, 7) is 10.0. The Morgan fingerprint density at radius 3 is 1.94 bits per heavy atom. The summed E-state index contributed by atoms with van der Waals surface area (Å²) in [5.41, 5.74) is 0. The summed E-state index contributed by atoms with van der Waals surface area (Å²) < 4.78 is 7.09. The van der Waals surface area contributed by atoms with Gasteiger partial charge < -0.3 is 9.33 Å². The van der Waals surface area contributed by atoms with E-state index < -0.39 is 8.32 Å². The van der Waals surface area contributed by atoms with E-state index in [9.17, 15) is 0 Å². The fraction of sp³-hybridized carbons (Fsp3) is 0.414. The largest absolute Gasteiger partial charge is 0.407 e. The Labute approximate surface area is 201 Å². The molecule has 0 radical (unpaired) electrons. The minimum atomic E-state index is -2.56. The molecular formula is C29H36N2OSi. The first kappa shape index (κ1) is 26.3. The second-order valence-electron chi connectivity index (χ2n) is 9.30. The first-order valence-electron chi connectivity index (χ1n) is 11.6. The van der Waals surface area contributed by atoms with Gasteiger partial charge in [0.05, 0.1) is 0 Å². The molecule has 0 amide bonds. The number of hydrogen-bond acceptors (Lipinski definition) is 3. The van der Waals surface area contributed by atoms with Gasteiger partial charge in [-0.1, -0.05) is 81.4 Å². The highest BCUT2D eigenvalue weighted by atomic mass is 28.4. The lowest BCUT2D eigenvalue weighted by Gasteiger charge is -2.43. The van der Waals surface area contributed by atoms with E-state index in [1.807, 2.05) is 6.92 Å². The Bertz CT molecular complexity index is 975. The van der Waals surface area contributed by atoms with Gasteiger partial charge in [0.1, 0.15) is 0 Å². The van der Waals surface area contributed by atoms with Crippen molar-refractivity contribution >= 4 is 18.7 Å². The lowest BCUT2D eigenvalue weighted by molar-refractivity contribution is 0.239. The number of nitrogens with zero attached hydrogens (tertiary/aromatic N) is 2. The van der Waals surface area contributed by atoms with Gasteiger partial charge in [0.25, 0.3) is 8.32 Å². The number of benzene rings is 2. The predicted octanol–water partition coefficient (Wildman–Crippen LogP) is 4.79. The summed E-state index contributed by atoms with van der Waals surface area (Å²) in [5, 5.41) is 11.4. The normalized spacial score (nSPS) is 11.9. The molecule has 2 aromatic rings. The summed E-state index contributed by atoms with van der Waals surface area (Å²) in [6, 6.07) is 21.4. The van der Waals surface area contributed by atoms with Crippen LogP contribution in [-0.4, -0.2) is 33.4 Å². The van der Waals surface area contributed by atoms with Crippen LogP contribution in [0.5, 0.6) is 0 Å². The van der Waals surface area contributed by atoms with Crippen LogP contribution in [0.3, 0.4) is 0 Å². The van der Waals surface area contributed by atoms with Crippen molar-refractivity contribution in [1.82, 2.24) is 4.90 Å². The van der Waals surface area contributed by atoms with Crippen LogP contribution < -0.4 is 10.4 Å². The summed E-state index contributed by atoms with van der Waals surface area (Å²) in [6.07, 6.45) is 4.30. The van der Waals surface area contributed by atoms with Crippen LogP contribution >= 0.6 is 0 Å². The zero-order valence-corrected chi connectivity index (χ0v) is 21.7. The van der Waals surface area contributed by atoms with E-state index in [1.54, 1.807) is 11.9 Å². The molecule has 2 aromatic carbocycles. The first-order chi connectivity index (χ1) is 15.8. The molecular weight excluding hydrogens is 420 g/mol. The molecule has 33 heavy (non-hydrogen) atoms. The van der Waals surface area contributed by atoms with Gasteiger partial charge in [-0.25, -0.2) is 0 Å². The summed E-state index contributed by atoms with van der Waals surface area (Å²) in [5.74, 6) is 13.0. The van der Waals surface area contributed by atoms with Gasteiger partial charge in [0.2, 0.25) is 0 Å². The molecule has 0 heterocycles. The van der Waals surface area contributed by atoms with Crippen molar-refractivity contribution in [3.05, 3.63) is 60.7 Å². The molecule has 0 bridgehead atoms. The number of nitriles is 1. The molecule has 4 heteroatoms. The Balaban J connectivity index is 2.33. The van der Waals surface area contributed by atoms with Crippen molar-refractivity contribution in [1.29, 1.82) is 5.26 Å². The SMILES string of the molecule is CC#CCC(CC#CCCN(C)C#N)CO[Si](c1ccccc1)(c1ccccc1)C(C)(C)C. The Morgan fingerprint density at radius 2 is 1.45 bits per heavy atom.